The molecular weight excluding hydrogens is 208 g/mol. The van der Waals surface area contributed by atoms with E-state index in [1.807, 2.05) is 0 Å². The molecule has 0 aromatic carbocycles. The maximum Gasteiger partial charge on any atom is 0.166 e. The fraction of sp³-hybridized carbons (Fsp3) is 0.909. The first kappa shape index (κ1) is 12.7. The first-order valence-corrected chi connectivity index (χ1v) is 5.99. The minimum absolute atomic E-state index is 0.0142. The maximum atomic E-state index is 5.60. The first-order chi connectivity index (χ1) is 6.88. The van der Waals surface area contributed by atoms with Crippen LogP contribution in [0.5, 0.6) is 0 Å². The standard InChI is InChI=1S/C11H22N2OS/c1-8(9-6-5-7-14-9)12-10(15)13-11(2,3)4/h8-9H,5-7H2,1-4H3,(H2,12,13,15)/t8-,9+/m1/s1. The van der Waals surface area contributed by atoms with Crippen LogP contribution >= 0.6 is 12.2 Å². The van der Waals surface area contributed by atoms with Gasteiger partial charge in [-0.25, -0.2) is 0 Å². The van der Waals surface area contributed by atoms with Crippen LogP contribution in [0.3, 0.4) is 0 Å². The number of ether oxygens (including phenoxy) is 1. The van der Waals surface area contributed by atoms with Crippen LogP contribution in [0, 0.1) is 0 Å². The average Bonchev–Trinajstić information content (AvgIpc) is 2.50. The highest BCUT2D eigenvalue weighted by molar-refractivity contribution is 7.80. The highest BCUT2D eigenvalue weighted by atomic mass is 32.1. The van der Waals surface area contributed by atoms with Gasteiger partial charge in [0.2, 0.25) is 0 Å². The molecule has 1 fully saturated rings. The van der Waals surface area contributed by atoms with Crippen molar-refractivity contribution in [2.24, 2.45) is 0 Å². The van der Waals surface area contributed by atoms with Crippen molar-refractivity contribution in [3.63, 3.8) is 0 Å². The van der Waals surface area contributed by atoms with E-state index in [-0.39, 0.29) is 11.6 Å². The summed E-state index contributed by atoms with van der Waals surface area (Å²) in [4.78, 5) is 0. The molecule has 1 saturated heterocycles. The van der Waals surface area contributed by atoms with E-state index in [0.29, 0.717) is 11.2 Å². The zero-order chi connectivity index (χ0) is 11.5. The molecule has 2 N–H and O–H groups in total. The lowest BCUT2D eigenvalue weighted by Crippen LogP contribution is -2.51. The number of nitrogens with one attached hydrogen (secondary N) is 2. The van der Waals surface area contributed by atoms with Crippen molar-refractivity contribution in [3.05, 3.63) is 0 Å². The highest BCUT2D eigenvalue weighted by Gasteiger charge is 2.23. The summed E-state index contributed by atoms with van der Waals surface area (Å²) in [5.41, 5.74) is 0.0142. The molecule has 4 heteroatoms. The third-order valence-electron chi connectivity index (χ3n) is 2.37. The Morgan fingerprint density at radius 2 is 2.13 bits per heavy atom. The lowest BCUT2D eigenvalue weighted by molar-refractivity contribution is 0.0891. The molecule has 1 heterocycles. The molecule has 0 amide bonds. The Hall–Kier alpha value is -0.350. The Kier molecular flexibility index (Phi) is 4.34. The Morgan fingerprint density at radius 3 is 2.60 bits per heavy atom. The van der Waals surface area contributed by atoms with Gasteiger partial charge in [0.15, 0.2) is 5.11 Å². The van der Waals surface area contributed by atoms with Crippen molar-refractivity contribution in [3.8, 4) is 0 Å². The van der Waals surface area contributed by atoms with Gasteiger partial charge in [-0.2, -0.15) is 0 Å². The maximum absolute atomic E-state index is 5.60. The number of hydrogen-bond acceptors (Lipinski definition) is 2. The van der Waals surface area contributed by atoms with Gasteiger partial charge in [0, 0.05) is 12.1 Å². The molecule has 0 radical (unpaired) electrons. The normalized spacial score (nSPS) is 23.6. The van der Waals surface area contributed by atoms with Crippen molar-refractivity contribution < 1.29 is 4.74 Å². The second kappa shape index (κ2) is 5.12. The van der Waals surface area contributed by atoms with Crippen molar-refractivity contribution in [1.29, 1.82) is 0 Å². The van der Waals surface area contributed by atoms with E-state index in [2.05, 4.69) is 38.3 Å². The molecule has 0 saturated carbocycles. The molecule has 15 heavy (non-hydrogen) atoms. The molecule has 1 aliphatic rings. The lowest BCUT2D eigenvalue weighted by atomic mass is 10.1. The largest absolute Gasteiger partial charge is 0.376 e. The molecule has 0 aliphatic carbocycles. The van der Waals surface area contributed by atoms with Crippen LogP contribution < -0.4 is 10.6 Å². The summed E-state index contributed by atoms with van der Waals surface area (Å²) in [5, 5.41) is 7.23. The molecular formula is C11H22N2OS. The van der Waals surface area contributed by atoms with E-state index in [4.69, 9.17) is 17.0 Å². The van der Waals surface area contributed by atoms with Gasteiger partial charge in [-0.15, -0.1) is 0 Å². The van der Waals surface area contributed by atoms with Crippen molar-refractivity contribution in [1.82, 2.24) is 10.6 Å². The molecule has 0 bridgehead atoms. The van der Waals surface area contributed by atoms with Gasteiger partial charge in [0.05, 0.1) is 12.1 Å². The number of thiocarbonyl (C=S) groups is 1. The van der Waals surface area contributed by atoms with E-state index in [0.717, 1.165) is 19.4 Å². The minimum Gasteiger partial charge on any atom is -0.376 e. The van der Waals surface area contributed by atoms with Crippen LogP contribution in [0.15, 0.2) is 0 Å². The van der Waals surface area contributed by atoms with Crippen molar-refractivity contribution in [2.75, 3.05) is 6.61 Å². The second-order valence-corrected chi connectivity index (χ2v) is 5.60. The van der Waals surface area contributed by atoms with Crippen LogP contribution in [0.4, 0.5) is 0 Å². The van der Waals surface area contributed by atoms with Gasteiger partial charge < -0.3 is 15.4 Å². The molecule has 0 aromatic rings. The van der Waals surface area contributed by atoms with Crippen LogP contribution in [0.2, 0.25) is 0 Å². The Labute approximate surface area is 98.0 Å². The van der Waals surface area contributed by atoms with Crippen molar-refractivity contribution >= 4 is 17.3 Å². The van der Waals surface area contributed by atoms with Crippen LogP contribution in [0.1, 0.15) is 40.5 Å². The molecule has 3 nitrogen and oxygen atoms in total. The molecule has 2 atom stereocenters. The predicted octanol–water partition coefficient (Wildman–Crippen LogP) is 1.82. The number of hydrogen-bond donors (Lipinski definition) is 2. The SMILES string of the molecule is C[C@@H](NC(=S)NC(C)(C)C)[C@@H]1CCCO1. The summed E-state index contributed by atoms with van der Waals surface area (Å²) in [6.07, 6.45) is 2.60. The Morgan fingerprint density at radius 1 is 1.47 bits per heavy atom. The first-order valence-electron chi connectivity index (χ1n) is 5.59. The monoisotopic (exact) mass is 230 g/mol. The molecule has 88 valence electrons. The van der Waals surface area contributed by atoms with Crippen LogP contribution in [-0.4, -0.2) is 29.4 Å². The molecule has 1 aliphatic heterocycles. The van der Waals surface area contributed by atoms with E-state index in [1.165, 1.54) is 0 Å². The van der Waals surface area contributed by atoms with Crippen LogP contribution in [-0.2, 0) is 4.74 Å². The van der Waals surface area contributed by atoms with E-state index >= 15 is 0 Å². The summed E-state index contributed by atoms with van der Waals surface area (Å²) in [5.74, 6) is 0. The lowest BCUT2D eigenvalue weighted by Gasteiger charge is -2.27. The third-order valence-corrected chi connectivity index (χ3v) is 2.59. The smallest absolute Gasteiger partial charge is 0.166 e. The van der Waals surface area contributed by atoms with Gasteiger partial charge in [-0.1, -0.05) is 0 Å². The Bertz CT molecular complexity index is 219. The fourth-order valence-corrected chi connectivity index (χ4v) is 2.17. The van der Waals surface area contributed by atoms with Crippen molar-refractivity contribution in [2.45, 2.75) is 58.2 Å². The second-order valence-electron chi connectivity index (χ2n) is 5.19. The summed E-state index contributed by atoms with van der Waals surface area (Å²) in [6.45, 7) is 9.29. The summed E-state index contributed by atoms with van der Waals surface area (Å²) in [7, 11) is 0. The Balaban J connectivity index is 2.30. The van der Waals surface area contributed by atoms with E-state index < -0.39 is 0 Å². The molecule has 0 unspecified atom stereocenters. The summed E-state index contributed by atoms with van der Waals surface area (Å²) < 4.78 is 5.60. The third kappa shape index (κ3) is 4.80. The van der Waals surface area contributed by atoms with E-state index in [9.17, 15) is 0 Å². The zero-order valence-corrected chi connectivity index (χ0v) is 10.9. The van der Waals surface area contributed by atoms with Gasteiger partial charge in [-0.05, 0) is 52.8 Å². The average molecular weight is 230 g/mol. The minimum atomic E-state index is 0.0142. The summed E-state index contributed by atoms with van der Waals surface area (Å²) in [6, 6.07) is 0.287. The van der Waals surface area contributed by atoms with Gasteiger partial charge in [0.25, 0.3) is 0 Å². The van der Waals surface area contributed by atoms with Gasteiger partial charge in [-0.3, -0.25) is 0 Å². The highest BCUT2D eigenvalue weighted by Crippen LogP contribution is 2.15. The number of rotatable bonds is 2. The van der Waals surface area contributed by atoms with Gasteiger partial charge >= 0.3 is 0 Å². The summed E-state index contributed by atoms with van der Waals surface area (Å²) >= 11 is 5.24. The van der Waals surface area contributed by atoms with E-state index in [1.54, 1.807) is 0 Å². The molecule has 0 spiro atoms. The quantitative estimate of drug-likeness (QED) is 0.709. The van der Waals surface area contributed by atoms with Crippen LogP contribution in [0.25, 0.3) is 0 Å². The zero-order valence-electron chi connectivity index (χ0n) is 10.1. The molecule has 0 aromatic heterocycles. The topological polar surface area (TPSA) is 33.3 Å². The fourth-order valence-electron chi connectivity index (χ4n) is 1.67. The predicted molar refractivity (Wildman–Crippen MR) is 67.1 cm³/mol. The van der Waals surface area contributed by atoms with Gasteiger partial charge in [0.1, 0.15) is 0 Å². The molecule has 1 rings (SSSR count).